The number of ether oxygens (including phenoxy) is 1. The van der Waals surface area contributed by atoms with Gasteiger partial charge in [-0.2, -0.15) is 0 Å². The molecule has 0 saturated heterocycles. The van der Waals surface area contributed by atoms with Gasteiger partial charge in [0.15, 0.2) is 0 Å². The van der Waals surface area contributed by atoms with Gasteiger partial charge in [-0.1, -0.05) is 66.7 Å². The summed E-state index contributed by atoms with van der Waals surface area (Å²) in [5.41, 5.74) is 6.33. The molecule has 2 amide bonds. The van der Waals surface area contributed by atoms with Crippen molar-refractivity contribution in [1.29, 1.82) is 0 Å². The van der Waals surface area contributed by atoms with Crippen molar-refractivity contribution < 1.29 is 14.3 Å². The van der Waals surface area contributed by atoms with Crippen molar-refractivity contribution in [1.82, 2.24) is 9.47 Å². The summed E-state index contributed by atoms with van der Waals surface area (Å²) >= 11 is 0. The van der Waals surface area contributed by atoms with Gasteiger partial charge in [0.2, 0.25) is 5.91 Å². The maximum absolute atomic E-state index is 14.0. The number of hydrogen-bond acceptors (Lipinski definition) is 3. The SMILES string of the molecule is COc1ccc(NC(=O)C(C)N2C(=O)c3ccccc3C2c2c(-c3ccccc3)n(C)c3ccccc23)cc1. The first kappa shape index (κ1) is 24.5. The zero-order valence-corrected chi connectivity index (χ0v) is 22.1. The number of nitrogens with one attached hydrogen (secondary N) is 1. The molecule has 4 aromatic carbocycles. The van der Waals surface area contributed by atoms with E-state index in [1.807, 2.05) is 54.6 Å². The molecule has 1 aliphatic heterocycles. The van der Waals surface area contributed by atoms with E-state index < -0.39 is 12.1 Å². The predicted octanol–water partition coefficient (Wildman–Crippen LogP) is 6.43. The monoisotopic (exact) mass is 515 g/mol. The molecule has 0 radical (unpaired) electrons. The molecule has 1 aromatic heterocycles. The number of carbonyl (C=O) groups is 2. The maximum atomic E-state index is 14.0. The molecule has 0 aliphatic carbocycles. The Labute approximate surface area is 227 Å². The van der Waals surface area contributed by atoms with Crippen LogP contribution in [0.4, 0.5) is 5.69 Å². The molecule has 1 aliphatic rings. The molecule has 6 nitrogen and oxygen atoms in total. The number of para-hydroxylation sites is 1. The zero-order valence-electron chi connectivity index (χ0n) is 22.1. The molecular weight excluding hydrogens is 486 g/mol. The number of benzene rings is 4. The molecule has 194 valence electrons. The van der Waals surface area contributed by atoms with E-state index in [1.165, 1.54) is 0 Å². The number of aryl methyl sites for hydroxylation is 1. The number of anilines is 1. The van der Waals surface area contributed by atoms with E-state index in [1.54, 1.807) is 43.2 Å². The Kier molecular flexibility index (Phi) is 6.15. The number of amides is 2. The van der Waals surface area contributed by atoms with Gasteiger partial charge >= 0.3 is 0 Å². The minimum absolute atomic E-state index is 0.153. The Morgan fingerprint density at radius 2 is 1.54 bits per heavy atom. The van der Waals surface area contributed by atoms with Gasteiger partial charge in [0, 0.05) is 34.8 Å². The van der Waals surface area contributed by atoms with Crippen molar-refractivity contribution in [2.24, 2.45) is 7.05 Å². The largest absolute Gasteiger partial charge is 0.497 e. The molecule has 6 heteroatoms. The third-order valence-corrected chi connectivity index (χ3v) is 7.62. The second-order valence-electron chi connectivity index (χ2n) is 9.80. The second-order valence-corrected chi connectivity index (χ2v) is 9.80. The standard InChI is InChI=1S/C33H29N3O3/c1-21(32(37)34-23-17-19-24(39-3)20-18-23)36-31(25-13-7-8-14-26(25)33(36)38)29-27-15-9-10-16-28(27)35(2)30(29)22-11-5-4-6-12-22/h4-21,31H,1-3H3,(H,34,37). The minimum Gasteiger partial charge on any atom is -0.497 e. The van der Waals surface area contributed by atoms with Crippen molar-refractivity contribution in [3.63, 3.8) is 0 Å². The fourth-order valence-corrected chi connectivity index (χ4v) is 5.72. The van der Waals surface area contributed by atoms with Gasteiger partial charge in [0.25, 0.3) is 5.91 Å². The molecule has 2 unspecified atom stereocenters. The third-order valence-electron chi connectivity index (χ3n) is 7.62. The second kappa shape index (κ2) is 9.80. The van der Waals surface area contributed by atoms with Crippen LogP contribution in [0.2, 0.25) is 0 Å². The van der Waals surface area contributed by atoms with Gasteiger partial charge in [-0.15, -0.1) is 0 Å². The summed E-state index contributed by atoms with van der Waals surface area (Å²) in [6, 6.07) is 32.1. The number of hydrogen-bond donors (Lipinski definition) is 1. The first-order valence-corrected chi connectivity index (χ1v) is 13.0. The van der Waals surface area contributed by atoms with Gasteiger partial charge in [-0.05, 0) is 54.4 Å². The Morgan fingerprint density at radius 3 is 2.28 bits per heavy atom. The van der Waals surface area contributed by atoms with Gasteiger partial charge < -0.3 is 19.5 Å². The van der Waals surface area contributed by atoms with E-state index in [9.17, 15) is 9.59 Å². The number of carbonyl (C=O) groups excluding carboxylic acids is 2. The molecule has 0 spiro atoms. The lowest BCUT2D eigenvalue weighted by Gasteiger charge is -2.31. The Bertz CT molecular complexity index is 1690. The van der Waals surface area contributed by atoms with Crippen LogP contribution in [0.3, 0.4) is 0 Å². The van der Waals surface area contributed by atoms with Crippen LogP contribution in [0, 0.1) is 0 Å². The molecule has 5 aromatic rings. The van der Waals surface area contributed by atoms with E-state index in [0.29, 0.717) is 17.0 Å². The smallest absolute Gasteiger partial charge is 0.255 e. The molecule has 0 bridgehead atoms. The highest BCUT2D eigenvalue weighted by Gasteiger charge is 2.44. The molecule has 2 heterocycles. The van der Waals surface area contributed by atoms with Crippen molar-refractivity contribution in [2.75, 3.05) is 12.4 Å². The number of rotatable bonds is 6. The molecule has 0 fully saturated rings. The van der Waals surface area contributed by atoms with Crippen LogP contribution < -0.4 is 10.1 Å². The number of fused-ring (bicyclic) bond motifs is 2. The lowest BCUT2D eigenvalue weighted by Crippen LogP contribution is -2.44. The summed E-state index contributed by atoms with van der Waals surface area (Å²) in [6.45, 7) is 1.79. The average Bonchev–Trinajstić information content (AvgIpc) is 3.44. The van der Waals surface area contributed by atoms with Gasteiger partial charge in [-0.25, -0.2) is 0 Å². The Morgan fingerprint density at radius 1 is 0.872 bits per heavy atom. The van der Waals surface area contributed by atoms with Crippen LogP contribution in [0.5, 0.6) is 5.75 Å². The van der Waals surface area contributed by atoms with Crippen molar-refractivity contribution in [3.8, 4) is 17.0 Å². The first-order chi connectivity index (χ1) is 19.0. The molecule has 1 N–H and O–H groups in total. The lowest BCUT2D eigenvalue weighted by atomic mass is 9.92. The predicted molar refractivity (Wildman–Crippen MR) is 154 cm³/mol. The Balaban J connectivity index is 1.50. The first-order valence-electron chi connectivity index (χ1n) is 13.0. The molecular formula is C33H29N3O3. The number of methoxy groups -OCH3 is 1. The quantitative estimate of drug-likeness (QED) is 0.284. The topological polar surface area (TPSA) is 63.6 Å². The van der Waals surface area contributed by atoms with Crippen LogP contribution in [0.15, 0.2) is 103 Å². The van der Waals surface area contributed by atoms with Crippen LogP contribution >= 0.6 is 0 Å². The van der Waals surface area contributed by atoms with Crippen molar-refractivity contribution in [2.45, 2.75) is 19.0 Å². The van der Waals surface area contributed by atoms with Gasteiger partial charge in [0.1, 0.15) is 11.8 Å². The zero-order chi connectivity index (χ0) is 27.1. The van der Waals surface area contributed by atoms with E-state index >= 15 is 0 Å². The molecule has 2 atom stereocenters. The van der Waals surface area contributed by atoms with Crippen molar-refractivity contribution >= 4 is 28.4 Å². The highest BCUT2D eigenvalue weighted by atomic mass is 16.5. The summed E-state index contributed by atoms with van der Waals surface area (Å²) in [5.74, 6) is 0.295. The van der Waals surface area contributed by atoms with E-state index in [4.69, 9.17) is 4.74 Å². The van der Waals surface area contributed by atoms with E-state index in [-0.39, 0.29) is 11.8 Å². The highest BCUT2D eigenvalue weighted by molar-refractivity contribution is 6.06. The summed E-state index contributed by atoms with van der Waals surface area (Å²) in [4.78, 5) is 29.3. The fraction of sp³-hybridized carbons (Fsp3) is 0.152. The lowest BCUT2D eigenvalue weighted by molar-refractivity contribution is -0.120. The third kappa shape index (κ3) is 4.05. The molecule has 39 heavy (non-hydrogen) atoms. The van der Waals surface area contributed by atoms with Crippen LogP contribution in [0.1, 0.15) is 34.5 Å². The van der Waals surface area contributed by atoms with Crippen molar-refractivity contribution in [3.05, 3.63) is 120 Å². The summed E-state index contributed by atoms with van der Waals surface area (Å²) in [5, 5.41) is 4.04. The van der Waals surface area contributed by atoms with E-state index in [2.05, 4.69) is 41.2 Å². The summed E-state index contributed by atoms with van der Waals surface area (Å²) in [6.07, 6.45) is 0. The summed E-state index contributed by atoms with van der Waals surface area (Å²) in [7, 11) is 3.66. The van der Waals surface area contributed by atoms with Gasteiger partial charge in [0.05, 0.1) is 18.8 Å². The summed E-state index contributed by atoms with van der Waals surface area (Å²) < 4.78 is 7.42. The Hall–Kier alpha value is -4.84. The van der Waals surface area contributed by atoms with Gasteiger partial charge in [-0.3, -0.25) is 9.59 Å². The average molecular weight is 516 g/mol. The molecule has 0 saturated carbocycles. The van der Waals surface area contributed by atoms with E-state index in [0.717, 1.165) is 33.3 Å². The molecule has 6 rings (SSSR count). The fourth-order valence-electron chi connectivity index (χ4n) is 5.72. The van der Waals surface area contributed by atoms with Crippen LogP contribution in [0.25, 0.3) is 22.2 Å². The normalized spacial score (nSPS) is 15.3. The number of aromatic nitrogens is 1. The minimum atomic E-state index is -0.736. The number of nitrogens with zero attached hydrogens (tertiary/aromatic N) is 2. The maximum Gasteiger partial charge on any atom is 0.255 e. The van der Waals surface area contributed by atoms with Crippen LogP contribution in [-0.2, 0) is 11.8 Å². The van der Waals surface area contributed by atoms with Crippen LogP contribution in [-0.4, -0.2) is 34.4 Å². The highest BCUT2D eigenvalue weighted by Crippen LogP contribution is 2.47.